The van der Waals surface area contributed by atoms with Gasteiger partial charge in [0.2, 0.25) is 0 Å². The van der Waals surface area contributed by atoms with Crippen LogP contribution in [0.3, 0.4) is 0 Å². The summed E-state index contributed by atoms with van der Waals surface area (Å²) in [6.07, 6.45) is 7.06. The maximum atomic E-state index is 13.9. The van der Waals surface area contributed by atoms with E-state index in [1.165, 1.54) is 0 Å². The van der Waals surface area contributed by atoms with Crippen LogP contribution in [0.2, 0.25) is 0 Å². The normalized spacial score (nSPS) is 20.4. The standard InChI is InChI=1S/C16H21FN2O/c17-15(12-20-11-13-6-2-1-3-7-13)16(18)10-14-8-4-5-9-19-14/h1-9,14-16,19H,10-12,18H2/t14?,15-,16?/m1/s1. The van der Waals surface area contributed by atoms with Crippen molar-refractivity contribution in [1.82, 2.24) is 5.32 Å². The lowest BCUT2D eigenvalue weighted by atomic mass is 10.0. The predicted octanol–water partition coefficient (Wildman–Crippen LogP) is 2.30. The van der Waals surface area contributed by atoms with E-state index in [1.54, 1.807) is 0 Å². The second-order valence-electron chi connectivity index (χ2n) is 4.93. The summed E-state index contributed by atoms with van der Waals surface area (Å²) in [6, 6.07) is 9.29. The van der Waals surface area contributed by atoms with Crippen LogP contribution in [-0.4, -0.2) is 24.9 Å². The predicted molar refractivity (Wildman–Crippen MR) is 78.8 cm³/mol. The number of allylic oxidation sites excluding steroid dienone is 2. The number of halogens is 1. The number of hydrogen-bond acceptors (Lipinski definition) is 3. The highest BCUT2D eigenvalue weighted by Gasteiger charge is 2.20. The zero-order valence-corrected chi connectivity index (χ0v) is 11.4. The van der Waals surface area contributed by atoms with Gasteiger partial charge in [-0.2, -0.15) is 0 Å². The lowest BCUT2D eigenvalue weighted by Crippen LogP contribution is -2.40. The molecule has 3 N–H and O–H groups in total. The Labute approximate surface area is 119 Å². The topological polar surface area (TPSA) is 47.3 Å². The minimum Gasteiger partial charge on any atom is -0.385 e. The minimum absolute atomic E-state index is 0.0301. The fraction of sp³-hybridized carbons (Fsp3) is 0.375. The van der Waals surface area contributed by atoms with Crippen LogP contribution in [0.15, 0.2) is 54.8 Å². The zero-order valence-electron chi connectivity index (χ0n) is 11.4. The van der Waals surface area contributed by atoms with Crippen LogP contribution in [0, 0.1) is 0 Å². The van der Waals surface area contributed by atoms with Crippen molar-refractivity contribution in [3.05, 3.63) is 60.3 Å². The average molecular weight is 276 g/mol. The van der Waals surface area contributed by atoms with E-state index in [2.05, 4.69) is 5.32 Å². The number of benzene rings is 1. The largest absolute Gasteiger partial charge is 0.385 e. The van der Waals surface area contributed by atoms with Gasteiger partial charge in [-0.25, -0.2) is 4.39 Å². The molecule has 20 heavy (non-hydrogen) atoms. The number of nitrogens with one attached hydrogen (secondary N) is 1. The van der Waals surface area contributed by atoms with E-state index in [1.807, 2.05) is 54.8 Å². The molecule has 3 nitrogen and oxygen atoms in total. The molecule has 3 atom stereocenters. The molecule has 0 bridgehead atoms. The molecule has 0 spiro atoms. The molecule has 0 fully saturated rings. The van der Waals surface area contributed by atoms with Gasteiger partial charge < -0.3 is 15.8 Å². The molecule has 1 aromatic carbocycles. The summed E-state index contributed by atoms with van der Waals surface area (Å²) in [5, 5.41) is 3.13. The van der Waals surface area contributed by atoms with Gasteiger partial charge in [0.25, 0.3) is 0 Å². The van der Waals surface area contributed by atoms with Crippen molar-refractivity contribution >= 4 is 0 Å². The van der Waals surface area contributed by atoms with Crippen LogP contribution in [0.1, 0.15) is 12.0 Å². The summed E-state index contributed by atoms with van der Waals surface area (Å²) in [5.74, 6) is 0. The van der Waals surface area contributed by atoms with Crippen LogP contribution in [0.5, 0.6) is 0 Å². The Balaban J connectivity index is 1.67. The molecule has 4 heteroatoms. The molecule has 0 radical (unpaired) electrons. The summed E-state index contributed by atoms with van der Waals surface area (Å²) in [7, 11) is 0. The van der Waals surface area contributed by atoms with Gasteiger partial charge in [0.05, 0.1) is 13.2 Å². The first-order chi connectivity index (χ1) is 9.75. The molecule has 1 aromatic rings. The smallest absolute Gasteiger partial charge is 0.138 e. The molecule has 0 saturated carbocycles. The van der Waals surface area contributed by atoms with Crippen molar-refractivity contribution in [2.45, 2.75) is 31.3 Å². The molecular formula is C16H21FN2O. The van der Waals surface area contributed by atoms with E-state index in [9.17, 15) is 4.39 Å². The van der Waals surface area contributed by atoms with Crippen LogP contribution in [-0.2, 0) is 11.3 Å². The van der Waals surface area contributed by atoms with E-state index in [0.29, 0.717) is 13.0 Å². The zero-order chi connectivity index (χ0) is 14.2. The van der Waals surface area contributed by atoms with Crippen LogP contribution in [0.4, 0.5) is 4.39 Å². The molecule has 2 rings (SSSR count). The van der Waals surface area contributed by atoms with Crippen molar-refractivity contribution in [2.24, 2.45) is 5.73 Å². The third-order valence-corrected chi connectivity index (χ3v) is 3.24. The van der Waals surface area contributed by atoms with Gasteiger partial charge >= 0.3 is 0 Å². The minimum atomic E-state index is -1.15. The monoisotopic (exact) mass is 276 g/mol. The fourth-order valence-corrected chi connectivity index (χ4v) is 2.06. The Morgan fingerprint density at radius 3 is 2.75 bits per heavy atom. The van der Waals surface area contributed by atoms with E-state index in [0.717, 1.165) is 5.56 Å². The Kier molecular flexibility index (Phi) is 5.77. The van der Waals surface area contributed by atoms with Crippen molar-refractivity contribution in [2.75, 3.05) is 6.61 Å². The molecule has 2 unspecified atom stereocenters. The maximum absolute atomic E-state index is 13.9. The third kappa shape index (κ3) is 4.79. The molecule has 0 saturated heterocycles. The first-order valence-corrected chi connectivity index (χ1v) is 6.86. The average Bonchev–Trinajstić information content (AvgIpc) is 2.49. The number of dihydropyridines is 1. The molecule has 0 aromatic heterocycles. The van der Waals surface area contributed by atoms with Gasteiger partial charge in [-0.3, -0.25) is 0 Å². The first-order valence-electron chi connectivity index (χ1n) is 6.86. The molecule has 0 aliphatic carbocycles. The molecule has 1 aliphatic rings. The molecule has 108 valence electrons. The van der Waals surface area contributed by atoms with Gasteiger partial charge in [-0.05, 0) is 24.3 Å². The van der Waals surface area contributed by atoms with Gasteiger partial charge in [-0.1, -0.05) is 42.5 Å². The number of ether oxygens (including phenoxy) is 1. The van der Waals surface area contributed by atoms with Crippen molar-refractivity contribution in [1.29, 1.82) is 0 Å². The SMILES string of the molecule is NC(CC1C=CC=CN1)[C@H](F)COCc1ccccc1. The van der Waals surface area contributed by atoms with Crippen LogP contribution in [0.25, 0.3) is 0 Å². The number of alkyl halides is 1. The van der Waals surface area contributed by atoms with Gasteiger partial charge in [-0.15, -0.1) is 0 Å². The summed E-state index contributed by atoms with van der Waals surface area (Å²) >= 11 is 0. The van der Waals surface area contributed by atoms with Gasteiger partial charge in [0.15, 0.2) is 0 Å². The van der Waals surface area contributed by atoms with Crippen LogP contribution < -0.4 is 11.1 Å². The summed E-state index contributed by atoms with van der Waals surface area (Å²) in [5.41, 5.74) is 6.91. The Hall–Kier alpha value is -1.65. The second kappa shape index (κ2) is 7.82. The summed E-state index contributed by atoms with van der Waals surface area (Å²) in [4.78, 5) is 0. The summed E-state index contributed by atoms with van der Waals surface area (Å²) in [6.45, 7) is 0.445. The second-order valence-corrected chi connectivity index (χ2v) is 4.93. The number of rotatable bonds is 7. The highest BCUT2D eigenvalue weighted by Crippen LogP contribution is 2.09. The highest BCUT2D eigenvalue weighted by molar-refractivity contribution is 5.13. The first kappa shape index (κ1) is 14.8. The maximum Gasteiger partial charge on any atom is 0.138 e. The molecule has 1 heterocycles. The lowest BCUT2D eigenvalue weighted by Gasteiger charge is -2.22. The van der Waals surface area contributed by atoms with E-state index in [-0.39, 0.29) is 12.6 Å². The van der Waals surface area contributed by atoms with Crippen molar-refractivity contribution < 1.29 is 9.13 Å². The lowest BCUT2D eigenvalue weighted by molar-refractivity contribution is 0.0577. The van der Waals surface area contributed by atoms with Gasteiger partial charge in [0, 0.05) is 12.1 Å². The number of nitrogens with two attached hydrogens (primary N) is 1. The van der Waals surface area contributed by atoms with Crippen LogP contribution >= 0.6 is 0 Å². The summed E-state index contributed by atoms with van der Waals surface area (Å²) < 4.78 is 19.3. The Morgan fingerprint density at radius 1 is 1.25 bits per heavy atom. The molecule has 0 amide bonds. The molecule has 1 aliphatic heterocycles. The van der Waals surface area contributed by atoms with E-state index < -0.39 is 12.2 Å². The Bertz CT molecular complexity index is 447. The molecular weight excluding hydrogens is 255 g/mol. The highest BCUT2D eigenvalue weighted by atomic mass is 19.1. The van der Waals surface area contributed by atoms with Gasteiger partial charge in [0.1, 0.15) is 6.17 Å². The van der Waals surface area contributed by atoms with E-state index >= 15 is 0 Å². The van der Waals surface area contributed by atoms with E-state index in [4.69, 9.17) is 10.5 Å². The van der Waals surface area contributed by atoms with Crippen molar-refractivity contribution in [3.8, 4) is 0 Å². The third-order valence-electron chi connectivity index (χ3n) is 3.24. The van der Waals surface area contributed by atoms with Crippen molar-refractivity contribution in [3.63, 3.8) is 0 Å². The Morgan fingerprint density at radius 2 is 2.05 bits per heavy atom. The quantitative estimate of drug-likeness (QED) is 0.803. The number of hydrogen-bond donors (Lipinski definition) is 2. The fourth-order valence-electron chi connectivity index (χ4n) is 2.06.